The Hall–Kier alpha value is -3.20. The van der Waals surface area contributed by atoms with Gasteiger partial charge in [-0.2, -0.15) is 5.10 Å². The minimum absolute atomic E-state index is 0.0721. The third kappa shape index (κ3) is 5.34. The number of fused-ring (bicyclic) bond motifs is 1. The Bertz CT molecular complexity index is 1130. The quantitative estimate of drug-likeness (QED) is 0.374. The maximum Gasteiger partial charge on any atom is 0.227 e. The third-order valence-electron chi connectivity index (χ3n) is 5.51. The largest absolute Gasteiger partial charge is 0.343 e. The number of nitrogens with zero attached hydrogens (tertiary/aromatic N) is 4. The van der Waals surface area contributed by atoms with Crippen LogP contribution >= 0.6 is 0 Å². The number of rotatable bonds is 8. The van der Waals surface area contributed by atoms with Crippen molar-refractivity contribution in [1.29, 1.82) is 0 Å². The average molecular weight is 435 g/mol. The van der Waals surface area contributed by atoms with Crippen LogP contribution in [0.25, 0.3) is 16.9 Å². The van der Waals surface area contributed by atoms with Crippen LogP contribution in [0, 0.1) is 25.7 Å². The van der Waals surface area contributed by atoms with Crippen molar-refractivity contribution in [3.63, 3.8) is 0 Å². The number of carbonyl (C=O) groups is 1. The number of aryl methyl sites for hydroxylation is 2. The van der Waals surface area contributed by atoms with Crippen LogP contribution in [0.15, 0.2) is 30.3 Å². The van der Waals surface area contributed by atoms with E-state index in [1.807, 2.05) is 67.4 Å². The lowest BCUT2D eigenvalue weighted by Gasteiger charge is -2.18. The Morgan fingerprint density at radius 2 is 1.84 bits per heavy atom. The number of carbonyl (C=O) groups excluding carboxylic acids is 1. The van der Waals surface area contributed by atoms with Gasteiger partial charge in [0, 0.05) is 47.6 Å². The van der Waals surface area contributed by atoms with Crippen LogP contribution in [0.2, 0.25) is 0 Å². The summed E-state index contributed by atoms with van der Waals surface area (Å²) in [6, 6.07) is 9.88. The maximum atomic E-state index is 12.9. The minimum Gasteiger partial charge on any atom is -0.343 e. The number of benzene rings is 1. The van der Waals surface area contributed by atoms with Crippen LogP contribution in [-0.4, -0.2) is 45.2 Å². The molecule has 0 N–H and O–H groups in total. The number of hydrogen-bond donors (Lipinski definition) is 0. The number of hydrogen-bond acceptors (Lipinski definition) is 3. The van der Waals surface area contributed by atoms with Gasteiger partial charge in [-0.05, 0) is 58.7 Å². The van der Waals surface area contributed by atoms with E-state index in [-0.39, 0.29) is 19.0 Å². The minimum atomic E-state index is -0.289. The van der Waals surface area contributed by atoms with Gasteiger partial charge in [-0.25, -0.2) is 9.50 Å². The normalized spacial score (nSPS) is 10.8. The zero-order valence-electron chi connectivity index (χ0n) is 19.4. The molecule has 2 aromatic heterocycles. The average Bonchev–Trinajstić information content (AvgIpc) is 3.13. The molecule has 0 fully saturated rings. The lowest BCUT2D eigenvalue weighted by Crippen LogP contribution is -2.31. The summed E-state index contributed by atoms with van der Waals surface area (Å²) >= 11 is 0. The molecule has 0 unspecified atom stereocenters. The van der Waals surface area contributed by atoms with Gasteiger partial charge in [-0.3, -0.25) is 9.18 Å². The zero-order valence-corrected chi connectivity index (χ0v) is 19.4. The third-order valence-corrected chi connectivity index (χ3v) is 5.51. The number of alkyl halides is 1. The van der Waals surface area contributed by atoms with Crippen molar-refractivity contribution in [2.75, 3.05) is 19.8 Å². The van der Waals surface area contributed by atoms with Gasteiger partial charge in [0.15, 0.2) is 5.65 Å². The number of amides is 1. The summed E-state index contributed by atoms with van der Waals surface area (Å²) in [6.07, 6.45) is 2.29. The molecule has 2 heterocycles. The molecule has 0 saturated carbocycles. The molecule has 0 bridgehead atoms. The molecule has 1 aromatic carbocycles. The molecule has 3 rings (SSSR count). The smallest absolute Gasteiger partial charge is 0.227 e. The van der Waals surface area contributed by atoms with Gasteiger partial charge in [0.25, 0.3) is 0 Å². The predicted molar refractivity (Wildman–Crippen MR) is 126 cm³/mol. The van der Waals surface area contributed by atoms with E-state index < -0.39 is 0 Å². The van der Waals surface area contributed by atoms with Gasteiger partial charge in [0.1, 0.15) is 0 Å². The Labute approximate surface area is 189 Å². The molecule has 0 aliphatic heterocycles. The second-order valence-electron chi connectivity index (χ2n) is 7.87. The molecule has 32 heavy (non-hydrogen) atoms. The van der Waals surface area contributed by atoms with Crippen LogP contribution < -0.4 is 0 Å². The van der Waals surface area contributed by atoms with Crippen molar-refractivity contribution >= 4 is 11.6 Å². The Morgan fingerprint density at radius 3 is 2.50 bits per heavy atom. The molecule has 0 atom stereocenters. The molecule has 0 aliphatic rings. The van der Waals surface area contributed by atoms with E-state index in [4.69, 9.17) is 10.1 Å². The van der Waals surface area contributed by atoms with Crippen LogP contribution in [0.5, 0.6) is 0 Å². The van der Waals surface area contributed by atoms with Crippen molar-refractivity contribution in [1.82, 2.24) is 19.5 Å². The highest BCUT2D eigenvalue weighted by Gasteiger charge is 2.21. The van der Waals surface area contributed by atoms with Crippen molar-refractivity contribution in [2.45, 2.75) is 53.4 Å². The Morgan fingerprint density at radius 1 is 1.12 bits per heavy atom. The van der Waals surface area contributed by atoms with E-state index in [1.54, 1.807) is 0 Å². The SMILES string of the molecule is CCN(CC)C(=O)Cc1c(-c2ccc(C#CCCCCF)cc2)nn2c(C)cc(C)nc12. The fourth-order valence-corrected chi connectivity index (χ4v) is 3.78. The first-order valence-corrected chi connectivity index (χ1v) is 11.3. The molecule has 5 nitrogen and oxygen atoms in total. The lowest BCUT2D eigenvalue weighted by molar-refractivity contribution is -0.130. The van der Waals surface area contributed by atoms with E-state index in [9.17, 15) is 9.18 Å². The number of unbranched alkanes of at least 4 members (excludes halogenated alkanes) is 2. The van der Waals surface area contributed by atoms with E-state index in [0.29, 0.717) is 25.9 Å². The first kappa shape index (κ1) is 23.5. The Balaban J connectivity index is 1.98. The molecule has 0 aliphatic carbocycles. The zero-order chi connectivity index (χ0) is 23.1. The highest BCUT2D eigenvalue weighted by molar-refractivity contribution is 5.84. The highest BCUT2D eigenvalue weighted by Crippen LogP contribution is 2.27. The molecular formula is C26H31FN4O. The fraction of sp³-hybridized carbons (Fsp3) is 0.423. The van der Waals surface area contributed by atoms with Crippen LogP contribution in [0.4, 0.5) is 4.39 Å². The summed E-state index contributed by atoms with van der Waals surface area (Å²) < 4.78 is 14.0. The van der Waals surface area contributed by atoms with E-state index in [2.05, 4.69) is 11.8 Å². The molecule has 1 amide bonds. The van der Waals surface area contributed by atoms with Crippen molar-refractivity contribution in [3.8, 4) is 23.1 Å². The molecule has 0 radical (unpaired) electrons. The predicted octanol–water partition coefficient (Wildman–Crippen LogP) is 4.92. The van der Waals surface area contributed by atoms with Gasteiger partial charge in [-0.1, -0.05) is 24.0 Å². The molecule has 0 saturated heterocycles. The van der Waals surface area contributed by atoms with E-state index in [1.165, 1.54) is 0 Å². The first-order chi connectivity index (χ1) is 15.5. The molecule has 168 valence electrons. The van der Waals surface area contributed by atoms with Gasteiger partial charge in [-0.15, -0.1) is 0 Å². The molecular weight excluding hydrogens is 403 g/mol. The molecule has 3 aromatic rings. The fourth-order valence-electron chi connectivity index (χ4n) is 3.78. The van der Waals surface area contributed by atoms with E-state index in [0.717, 1.165) is 45.8 Å². The second-order valence-corrected chi connectivity index (χ2v) is 7.87. The standard InChI is InChI=1S/C26H31FN4O/c1-5-30(6-2)24(32)18-23-25(29-31-20(4)17-19(3)28-26(23)31)22-14-12-21(13-15-22)11-9-7-8-10-16-27/h12-15,17H,5-8,10,16,18H2,1-4H3. The van der Waals surface area contributed by atoms with Crippen LogP contribution in [0.3, 0.4) is 0 Å². The number of halogens is 1. The van der Waals surface area contributed by atoms with Gasteiger partial charge >= 0.3 is 0 Å². The topological polar surface area (TPSA) is 50.5 Å². The summed E-state index contributed by atoms with van der Waals surface area (Å²) in [5.74, 6) is 6.30. The van der Waals surface area contributed by atoms with Crippen molar-refractivity contribution < 1.29 is 9.18 Å². The number of likely N-dealkylation sites (N-methyl/N-ethyl adjacent to an activating group) is 1. The van der Waals surface area contributed by atoms with Crippen molar-refractivity contribution in [2.24, 2.45) is 0 Å². The summed E-state index contributed by atoms with van der Waals surface area (Å²) in [7, 11) is 0. The first-order valence-electron chi connectivity index (χ1n) is 11.3. The van der Waals surface area contributed by atoms with Gasteiger partial charge < -0.3 is 4.90 Å². The molecule has 6 heteroatoms. The molecule has 0 spiro atoms. The maximum absolute atomic E-state index is 12.9. The highest BCUT2D eigenvalue weighted by atomic mass is 19.1. The van der Waals surface area contributed by atoms with Crippen molar-refractivity contribution in [3.05, 3.63) is 52.8 Å². The summed E-state index contributed by atoms with van der Waals surface area (Å²) in [5.41, 5.74) is 6.06. The van der Waals surface area contributed by atoms with E-state index >= 15 is 0 Å². The lowest BCUT2D eigenvalue weighted by atomic mass is 10.0. The summed E-state index contributed by atoms with van der Waals surface area (Å²) in [6.45, 7) is 8.99. The van der Waals surface area contributed by atoms with Gasteiger partial charge in [0.05, 0.1) is 18.8 Å². The Kier molecular flexibility index (Phi) is 7.99. The van der Waals surface area contributed by atoms with Crippen LogP contribution in [0.1, 0.15) is 55.6 Å². The summed E-state index contributed by atoms with van der Waals surface area (Å²) in [4.78, 5) is 19.5. The van der Waals surface area contributed by atoms with Gasteiger partial charge in [0.2, 0.25) is 5.91 Å². The number of aromatic nitrogens is 3. The monoisotopic (exact) mass is 434 g/mol. The second kappa shape index (κ2) is 10.9. The summed E-state index contributed by atoms with van der Waals surface area (Å²) in [5, 5.41) is 4.83. The van der Waals surface area contributed by atoms with Crippen LogP contribution in [-0.2, 0) is 11.2 Å².